The molecule has 0 aliphatic heterocycles. The molecule has 0 saturated heterocycles. The van der Waals surface area contributed by atoms with Crippen LogP contribution in [0, 0.1) is 0 Å². The number of furan rings is 1. The molecule has 8 aromatic carbocycles. The molecule has 1 aromatic heterocycles. The van der Waals surface area contributed by atoms with E-state index in [9.17, 15) is 0 Å². The van der Waals surface area contributed by atoms with E-state index in [1.165, 1.54) is 43.8 Å². The van der Waals surface area contributed by atoms with Gasteiger partial charge in [0.25, 0.3) is 0 Å². The highest BCUT2D eigenvalue weighted by atomic mass is 16.3. The molecule has 9 aromatic rings. The number of hydrogen-bond donors (Lipinski definition) is 0. The normalized spacial score (nSPS) is 11.5. The maximum Gasteiger partial charge on any atom is 0.135 e. The summed E-state index contributed by atoms with van der Waals surface area (Å²) in [6.45, 7) is 0. The molecule has 2 nitrogen and oxygen atoms in total. The van der Waals surface area contributed by atoms with Crippen molar-refractivity contribution in [1.82, 2.24) is 0 Å². The van der Waals surface area contributed by atoms with Crippen LogP contribution < -0.4 is 4.90 Å². The predicted octanol–water partition coefficient (Wildman–Crippen LogP) is 12.7. The molecule has 0 amide bonds. The highest BCUT2D eigenvalue weighted by molar-refractivity contribution is 6.09. The lowest BCUT2D eigenvalue weighted by atomic mass is 10.00. The lowest BCUT2D eigenvalue weighted by molar-refractivity contribution is 0.669. The van der Waals surface area contributed by atoms with E-state index in [0.29, 0.717) is 0 Å². The van der Waals surface area contributed by atoms with Crippen molar-refractivity contribution in [2.45, 2.75) is 0 Å². The van der Waals surface area contributed by atoms with Crippen LogP contribution in [0.2, 0.25) is 0 Å². The van der Waals surface area contributed by atoms with Gasteiger partial charge in [-0.2, -0.15) is 0 Å². The van der Waals surface area contributed by atoms with Gasteiger partial charge in [0.05, 0.1) is 0 Å². The standard InChI is InChI=1S/C44H29NO/c1-2-8-30(9-3-1)31-16-21-36(22-17-31)45(38-25-26-40-35(28-38)15-14-33-10-4-5-11-39(33)40)37-23-18-32(19-24-37)34-20-27-44-42(29-34)41-12-6-7-13-43(41)46-44/h1-29H. The van der Waals surface area contributed by atoms with Gasteiger partial charge in [-0.3, -0.25) is 0 Å². The summed E-state index contributed by atoms with van der Waals surface area (Å²) >= 11 is 0. The van der Waals surface area contributed by atoms with Gasteiger partial charge in [-0.1, -0.05) is 121 Å². The van der Waals surface area contributed by atoms with Crippen molar-refractivity contribution in [2.75, 3.05) is 4.90 Å². The first-order valence-corrected chi connectivity index (χ1v) is 15.7. The van der Waals surface area contributed by atoms with E-state index in [0.717, 1.165) is 39.0 Å². The van der Waals surface area contributed by atoms with Gasteiger partial charge in [0.1, 0.15) is 11.2 Å². The van der Waals surface area contributed by atoms with Crippen LogP contribution in [-0.4, -0.2) is 0 Å². The summed E-state index contributed by atoms with van der Waals surface area (Å²) < 4.78 is 6.08. The lowest BCUT2D eigenvalue weighted by Gasteiger charge is -2.26. The Labute approximate surface area is 267 Å². The minimum absolute atomic E-state index is 0.913. The maximum atomic E-state index is 6.08. The number of fused-ring (bicyclic) bond motifs is 6. The van der Waals surface area contributed by atoms with Gasteiger partial charge in [0, 0.05) is 27.8 Å². The number of para-hydroxylation sites is 1. The first-order chi connectivity index (χ1) is 22.8. The van der Waals surface area contributed by atoms with Crippen molar-refractivity contribution in [3.8, 4) is 22.3 Å². The van der Waals surface area contributed by atoms with Gasteiger partial charge in [-0.05, 0) is 98.4 Å². The van der Waals surface area contributed by atoms with Crippen LogP contribution in [0.4, 0.5) is 17.1 Å². The van der Waals surface area contributed by atoms with E-state index in [2.05, 4.69) is 169 Å². The Morgan fingerprint density at radius 3 is 1.63 bits per heavy atom. The van der Waals surface area contributed by atoms with E-state index in [1.807, 2.05) is 12.1 Å². The fourth-order valence-corrected chi connectivity index (χ4v) is 6.73. The summed E-state index contributed by atoms with van der Waals surface area (Å²) in [5.74, 6) is 0. The molecule has 0 N–H and O–H groups in total. The zero-order valence-corrected chi connectivity index (χ0v) is 25.1. The molecule has 0 atom stereocenters. The molecule has 0 aliphatic carbocycles. The van der Waals surface area contributed by atoms with Crippen LogP contribution in [-0.2, 0) is 0 Å². The quantitative estimate of drug-likeness (QED) is 0.186. The number of rotatable bonds is 5. The Kier molecular flexibility index (Phi) is 6.17. The second-order valence-electron chi connectivity index (χ2n) is 11.8. The fourth-order valence-electron chi connectivity index (χ4n) is 6.73. The Hall–Kier alpha value is -6.12. The van der Waals surface area contributed by atoms with E-state index < -0.39 is 0 Å². The summed E-state index contributed by atoms with van der Waals surface area (Å²) in [6.07, 6.45) is 0. The SMILES string of the molecule is c1ccc(-c2ccc(N(c3ccc(-c4ccc5oc6ccccc6c5c4)cc3)c3ccc4c(ccc5ccccc54)c3)cc2)cc1. The van der Waals surface area contributed by atoms with Gasteiger partial charge < -0.3 is 9.32 Å². The molecule has 0 spiro atoms. The number of hydrogen-bond acceptors (Lipinski definition) is 2. The second-order valence-corrected chi connectivity index (χ2v) is 11.8. The zero-order valence-electron chi connectivity index (χ0n) is 25.1. The van der Waals surface area contributed by atoms with Crippen molar-refractivity contribution >= 4 is 60.5 Å². The van der Waals surface area contributed by atoms with Crippen LogP contribution >= 0.6 is 0 Å². The lowest BCUT2D eigenvalue weighted by Crippen LogP contribution is -2.09. The van der Waals surface area contributed by atoms with E-state index in [4.69, 9.17) is 4.42 Å². The third-order valence-corrected chi connectivity index (χ3v) is 9.05. The molecule has 0 radical (unpaired) electrons. The number of anilines is 3. The highest BCUT2D eigenvalue weighted by Crippen LogP contribution is 2.39. The Balaban J connectivity index is 1.14. The third-order valence-electron chi connectivity index (χ3n) is 9.05. The second kappa shape index (κ2) is 10.8. The molecule has 0 saturated carbocycles. The first kappa shape index (κ1) is 26.3. The van der Waals surface area contributed by atoms with Crippen LogP contribution in [0.15, 0.2) is 180 Å². The van der Waals surface area contributed by atoms with Crippen LogP contribution in [0.25, 0.3) is 65.7 Å². The van der Waals surface area contributed by atoms with Gasteiger partial charge in [0.15, 0.2) is 0 Å². The fraction of sp³-hybridized carbons (Fsp3) is 0. The molecular formula is C44H29NO. The van der Waals surface area contributed by atoms with Crippen molar-refractivity contribution in [3.63, 3.8) is 0 Å². The highest BCUT2D eigenvalue weighted by Gasteiger charge is 2.15. The monoisotopic (exact) mass is 587 g/mol. The van der Waals surface area contributed by atoms with E-state index in [-0.39, 0.29) is 0 Å². The van der Waals surface area contributed by atoms with Crippen molar-refractivity contribution in [2.24, 2.45) is 0 Å². The molecule has 1 heterocycles. The summed E-state index contributed by atoms with van der Waals surface area (Å²) in [5.41, 5.74) is 9.91. The summed E-state index contributed by atoms with van der Waals surface area (Å²) in [5, 5.41) is 7.30. The van der Waals surface area contributed by atoms with Gasteiger partial charge in [-0.25, -0.2) is 0 Å². The first-order valence-electron chi connectivity index (χ1n) is 15.7. The minimum atomic E-state index is 0.913. The predicted molar refractivity (Wildman–Crippen MR) is 194 cm³/mol. The molecule has 2 heteroatoms. The van der Waals surface area contributed by atoms with E-state index in [1.54, 1.807) is 0 Å². The molecule has 216 valence electrons. The Morgan fingerprint density at radius 1 is 0.304 bits per heavy atom. The Morgan fingerprint density at radius 2 is 0.848 bits per heavy atom. The average Bonchev–Trinajstić information content (AvgIpc) is 3.51. The summed E-state index contributed by atoms with van der Waals surface area (Å²) in [7, 11) is 0. The summed E-state index contributed by atoms with van der Waals surface area (Å²) in [6, 6.07) is 62.9. The van der Waals surface area contributed by atoms with Crippen LogP contribution in [0.5, 0.6) is 0 Å². The maximum absolute atomic E-state index is 6.08. The van der Waals surface area contributed by atoms with Gasteiger partial charge in [0.2, 0.25) is 0 Å². The molecule has 0 unspecified atom stereocenters. The third kappa shape index (κ3) is 4.51. The largest absolute Gasteiger partial charge is 0.456 e. The molecular weight excluding hydrogens is 558 g/mol. The number of nitrogens with zero attached hydrogens (tertiary/aromatic N) is 1. The minimum Gasteiger partial charge on any atom is -0.456 e. The molecule has 0 bridgehead atoms. The molecule has 0 aliphatic rings. The zero-order chi connectivity index (χ0) is 30.5. The van der Waals surface area contributed by atoms with Crippen molar-refractivity contribution < 1.29 is 4.42 Å². The topological polar surface area (TPSA) is 16.4 Å². The average molecular weight is 588 g/mol. The van der Waals surface area contributed by atoms with Crippen molar-refractivity contribution in [1.29, 1.82) is 0 Å². The van der Waals surface area contributed by atoms with Gasteiger partial charge >= 0.3 is 0 Å². The number of benzene rings is 8. The van der Waals surface area contributed by atoms with Crippen molar-refractivity contribution in [3.05, 3.63) is 176 Å². The van der Waals surface area contributed by atoms with Crippen LogP contribution in [0.1, 0.15) is 0 Å². The summed E-state index contributed by atoms with van der Waals surface area (Å²) in [4.78, 5) is 2.35. The van der Waals surface area contributed by atoms with Crippen LogP contribution in [0.3, 0.4) is 0 Å². The molecule has 0 fully saturated rings. The molecule has 9 rings (SSSR count). The Bertz CT molecular complexity index is 2510. The van der Waals surface area contributed by atoms with E-state index >= 15 is 0 Å². The molecule has 46 heavy (non-hydrogen) atoms. The smallest absolute Gasteiger partial charge is 0.135 e. The van der Waals surface area contributed by atoms with Gasteiger partial charge in [-0.15, -0.1) is 0 Å².